The number of aliphatic hydroxyl groups is 1. The van der Waals surface area contributed by atoms with E-state index in [0.29, 0.717) is 17.4 Å². The second-order valence-corrected chi connectivity index (χ2v) is 6.09. The molecule has 1 aromatic heterocycles. The molecule has 1 heterocycles. The fourth-order valence-electron chi connectivity index (χ4n) is 2.51. The number of halogens is 1. The number of rotatable bonds is 10. The van der Waals surface area contributed by atoms with E-state index in [1.807, 2.05) is 19.1 Å². The van der Waals surface area contributed by atoms with E-state index in [2.05, 4.69) is 9.55 Å². The summed E-state index contributed by atoms with van der Waals surface area (Å²) in [7, 11) is 1.61. The van der Waals surface area contributed by atoms with Gasteiger partial charge in [-0.2, -0.15) is 0 Å². The zero-order valence-corrected chi connectivity index (χ0v) is 15.1. The Kier molecular flexibility index (Phi) is 7.40. The fraction of sp³-hybridized carbons (Fsp3) is 0.500. The van der Waals surface area contributed by atoms with Gasteiger partial charge in [-0.15, -0.1) is 0 Å². The fourth-order valence-corrected chi connectivity index (χ4v) is 2.74. The summed E-state index contributed by atoms with van der Waals surface area (Å²) in [6.45, 7) is 3.59. The van der Waals surface area contributed by atoms with Gasteiger partial charge in [0.15, 0.2) is 0 Å². The van der Waals surface area contributed by atoms with Crippen LogP contribution in [0.1, 0.15) is 37.1 Å². The number of ether oxygens (including phenoxy) is 2. The third-order valence-corrected chi connectivity index (χ3v) is 4.34. The molecule has 5 nitrogen and oxygen atoms in total. The zero-order valence-electron chi connectivity index (χ0n) is 14.3. The van der Waals surface area contributed by atoms with Gasteiger partial charge in [0.05, 0.1) is 37.4 Å². The molecule has 0 unspecified atom stereocenters. The lowest BCUT2D eigenvalue weighted by molar-refractivity contribution is 0.276. The minimum Gasteiger partial charge on any atom is -0.497 e. The Morgan fingerprint density at radius 2 is 2.00 bits per heavy atom. The summed E-state index contributed by atoms with van der Waals surface area (Å²) in [4.78, 5) is 4.19. The lowest BCUT2D eigenvalue weighted by Crippen LogP contribution is -2.01. The van der Waals surface area contributed by atoms with Gasteiger partial charge in [0.2, 0.25) is 0 Å². The molecule has 2 rings (SSSR count). The second-order valence-electron chi connectivity index (χ2n) is 5.69. The molecule has 0 fully saturated rings. The van der Waals surface area contributed by atoms with Crippen LogP contribution in [-0.4, -0.2) is 28.4 Å². The van der Waals surface area contributed by atoms with Crippen LogP contribution in [0.25, 0.3) is 0 Å². The maximum Gasteiger partial charge on any atom is 0.138 e. The van der Waals surface area contributed by atoms with Crippen molar-refractivity contribution in [1.82, 2.24) is 9.55 Å². The Labute approximate surface area is 148 Å². The molecule has 0 atom stereocenters. The first-order valence-electron chi connectivity index (χ1n) is 8.23. The van der Waals surface area contributed by atoms with E-state index in [4.69, 9.17) is 26.2 Å². The summed E-state index contributed by atoms with van der Waals surface area (Å²) < 4.78 is 12.9. The predicted octanol–water partition coefficient (Wildman–Crippen LogP) is 3.99. The number of aliphatic hydroxyl groups excluding tert-OH is 1. The van der Waals surface area contributed by atoms with Gasteiger partial charge in [-0.3, -0.25) is 0 Å². The van der Waals surface area contributed by atoms with E-state index in [-0.39, 0.29) is 6.61 Å². The minimum atomic E-state index is 0.00406. The average molecular weight is 353 g/mol. The largest absolute Gasteiger partial charge is 0.497 e. The van der Waals surface area contributed by atoms with Crippen molar-refractivity contribution in [2.75, 3.05) is 13.7 Å². The van der Waals surface area contributed by atoms with Crippen molar-refractivity contribution < 1.29 is 14.6 Å². The smallest absolute Gasteiger partial charge is 0.138 e. The van der Waals surface area contributed by atoms with Gasteiger partial charge < -0.3 is 19.1 Å². The summed E-state index contributed by atoms with van der Waals surface area (Å²) in [6.07, 6.45) is 6.12. The Morgan fingerprint density at radius 3 is 2.67 bits per heavy atom. The van der Waals surface area contributed by atoms with Gasteiger partial charge in [0.1, 0.15) is 11.5 Å². The van der Waals surface area contributed by atoms with Crippen molar-refractivity contribution in [3.8, 4) is 11.5 Å². The molecule has 0 saturated heterocycles. The summed E-state index contributed by atoms with van der Waals surface area (Å²) in [5.74, 6) is 1.43. The first-order chi connectivity index (χ1) is 11.7. The number of benzene rings is 1. The molecule has 6 heteroatoms. The van der Waals surface area contributed by atoms with Gasteiger partial charge in [-0.1, -0.05) is 24.4 Å². The number of nitrogens with zero attached hydrogens (tertiary/aromatic N) is 2. The molecule has 0 saturated carbocycles. The summed E-state index contributed by atoms with van der Waals surface area (Å²) >= 11 is 6.14. The molecular weight excluding hydrogens is 328 g/mol. The van der Waals surface area contributed by atoms with Crippen LogP contribution in [0.5, 0.6) is 11.5 Å². The van der Waals surface area contributed by atoms with Crippen LogP contribution in [0, 0.1) is 6.92 Å². The number of hydrogen-bond acceptors (Lipinski definition) is 4. The Morgan fingerprint density at radius 1 is 1.21 bits per heavy atom. The highest BCUT2D eigenvalue weighted by Crippen LogP contribution is 2.28. The topological polar surface area (TPSA) is 56.5 Å². The van der Waals surface area contributed by atoms with Crippen molar-refractivity contribution in [2.24, 2.45) is 0 Å². The van der Waals surface area contributed by atoms with Gasteiger partial charge in [0.25, 0.3) is 0 Å². The van der Waals surface area contributed by atoms with Crippen LogP contribution in [0.3, 0.4) is 0 Å². The molecule has 0 aliphatic rings. The molecular formula is C18H25ClN2O3. The Balaban J connectivity index is 1.61. The molecule has 1 N–H and O–H groups in total. The van der Waals surface area contributed by atoms with Crippen molar-refractivity contribution in [1.29, 1.82) is 0 Å². The minimum absolute atomic E-state index is 0.00406. The van der Waals surface area contributed by atoms with Gasteiger partial charge >= 0.3 is 0 Å². The van der Waals surface area contributed by atoms with Crippen LogP contribution in [0.4, 0.5) is 0 Å². The maximum absolute atomic E-state index is 9.14. The number of aryl methyl sites for hydroxylation is 1. The second kappa shape index (κ2) is 9.55. The monoisotopic (exact) mass is 352 g/mol. The van der Waals surface area contributed by atoms with Crippen molar-refractivity contribution in [3.63, 3.8) is 0 Å². The van der Waals surface area contributed by atoms with Gasteiger partial charge in [-0.25, -0.2) is 4.98 Å². The zero-order chi connectivity index (χ0) is 17.4. The van der Waals surface area contributed by atoms with Crippen LogP contribution < -0.4 is 9.47 Å². The SMILES string of the molecule is COc1ccc(OCCCCCCn2cnc(CO)c2C)c(Cl)c1. The van der Waals surface area contributed by atoms with Crippen LogP contribution >= 0.6 is 11.6 Å². The Bertz CT molecular complexity index is 643. The van der Waals surface area contributed by atoms with E-state index in [1.165, 1.54) is 0 Å². The molecule has 1 aromatic carbocycles. The normalized spacial score (nSPS) is 10.8. The molecule has 0 spiro atoms. The molecule has 0 aliphatic carbocycles. The highest BCUT2D eigenvalue weighted by atomic mass is 35.5. The van der Waals surface area contributed by atoms with Crippen molar-refractivity contribution >= 4 is 11.6 Å². The number of imidazole rings is 1. The Hall–Kier alpha value is -1.72. The van der Waals surface area contributed by atoms with Crippen LogP contribution in [-0.2, 0) is 13.2 Å². The standard InChI is InChI=1S/C18H25ClN2O3/c1-14-17(12-22)20-13-21(14)9-5-3-4-6-10-24-18-8-7-15(23-2)11-16(18)19/h7-8,11,13,22H,3-6,9-10,12H2,1-2H3. The first-order valence-corrected chi connectivity index (χ1v) is 8.61. The highest BCUT2D eigenvalue weighted by molar-refractivity contribution is 6.32. The molecule has 0 radical (unpaired) electrons. The molecule has 0 amide bonds. The van der Waals surface area contributed by atoms with E-state index >= 15 is 0 Å². The summed E-state index contributed by atoms with van der Waals surface area (Å²) in [5, 5.41) is 9.71. The third kappa shape index (κ3) is 5.14. The molecule has 2 aromatic rings. The van der Waals surface area contributed by atoms with E-state index in [9.17, 15) is 0 Å². The van der Waals surface area contributed by atoms with Crippen LogP contribution in [0.15, 0.2) is 24.5 Å². The quantitative estimate of drug-likeness (QED) is 0.657. The molecule has 0 bridgehead atoms. The number of unbranched alkanes of at least 4 members (excludes halogenated alkanes) is 3. The van der Waals surface area contributed by atoms with E-state index < -0.39 is 0 Å². The average Bonchev–Trinajstić information content (AvgIpc) is 2.95. The molecule has 132 valence electrons. The number of hydrogen-bond donors (Lipinski definition) is 1. The molecule has 24 heavy (non-hydrogen) atoms. The third-order valence-electron chi connectivity index (χ3n) is 4.04. The molecule has 0 aliphatic heterocycles. The summed E-state index contributed by atoms with van der Waals surface area (Å²) in [6, 6.07) is 5.43. The highest BCUT2D eigenvalue weighted by Gasteiger charge is 2.05. The van der Waals surface area contributed by atoms with Gasteiger partial charge in [-0.05, 0) is 31.9 Å². The first kappa shape index (κ1) is 18.6. The predicted molar refractivity (Wildman–Crippen MR) is 94.9 cm³/mol. The number of aromatic nitrogens is 2. The lowest BCUT2D eigenvalue weighted by atomic mass is 10.2. The maximum atomic E-state index is 9.14. The van der Waals surface area contributed by atoms with E-state index in [0.717, 1.165) is 49.4 Å². The lowest BCUT2D eigenvalue weighted by Gasteiger charge is -2.09. The van der Waals surface area contributed by atoms with Crippen molar-refractivity contribution in [3.05, 3.63) is 40.9 Å². The van der Waals surface area contributed by atoms with Crippen LogP contribution in [0.2, 0.25) is 5.02 Å². The van der Waals surface area contributed by atoms with Gasteiger partial charge in [0, 0.05) is 18.3 Å². The number of methoxy groups -OCH3 is 1. The summed E-state index contributed by atoms with van der Waals surface area (Å²) in [5.41, 5.74) is 1.81. The van der Waals surface area contributed by atoms with E-state index in [1.54, 1.807) is 19.5 Å². The van der Waals surface area contributed by atoms with Crippen molar-refractivity contribution in [2.45, 2.75) is 45.8 Å².